The minimum atomic E-state index is 0.0255. The first kappa shape index (κ1) is 42.8. The molecule has 0 saturated heterocycles. The molecule has 0 amide bonds. The van der Waals surface area contributed by atoms with E-state index in [0.29, 0.717) is 0 Å². The average Bonchev–Trinajstić information content (AvgIpc) is 3.71. The number of hydrogen-bond donors (Lipinski definition) is 0. The number of nitrogens with zero attached hydrogens (tertiary/aromatic N) is 3. The highest BCUT2D eigenvalue weighted by atomic mass is 32.1. The summed E-state index contributed by atoms with van der Waals surface area (Å²) in [5.74, 6) is 0. The smallest absolute Gasteiger partial charge is 0.264 e. The van der Waals surface area contributed by atoms with Crippen LogP contribution in [0.5, 0.6) is 0 Å². The van der Waals surface area contributed by atoms with Gasteiger partial charge in [-0.1, -0.05) is 172 Å². The Balaban J connectivity index is 1.12. The molecule has 330 valence electrons. The molecule has 3 heterocycles. The predicted octanol–water partition coefficient (Wildman–Crippen LogP) is 16.0. The fourth-order valence-corrected chi connectivity index (χ4v) is 11.6. The van der Waals surface area contributed by atoms with Crippen LogP contribution in [0.15, 0.2) is 188 Å². The predicted molar refractivity (Wildman–Crippen MR) is 292 cm³/mol. The summed E-state index contributed by atoms with van der Waals surface area (Å²) in [6.45, 7) is 20.6. The zero-order valence-corrected chi connectivity index (χ0v) is 41.0. The molecule has 3 nitrogen and oxygen atoms in total. The minimum absolute atomic E-state index is 0.0255. The van der Waals surface area contributed by atoms with Gasteiger partial charge in [0.25, 0.3) is 6.71 Å². The molecule has 1 aromatic heterocycles. The second-order valence-electron chi connectivity index (χ2n) is 21.5. The van der Waals surface area contributed by atoms with E-state index in [-0.39, 0.29) is 23.0 Å². The fraction of sp³-hybridized carbons (Fsp3) is 0.194. The standard InChI is InChI=1S/C62H58BN3S/c1-60(2,3)43-27-25-41(26-28-43)42-17-15-20-49(39-42)66-54-23-16-22-53-57(54)63(59-58(66)51-21-13-14-24-56(51)67-59)52-38-37-50(40-55(52)65(53)46-18-11-10-12-19-46)64(47-33-29-44(30-34-47)61(4,5)6)48-35-31-45(32-36-48)62(7,8)9/h10-40H,1-9H3. The molecule has 0 unspecified atom stereocenters. The third kappa shape index (κ3) is 7.45. The van der Waals surface area contributed by atoms with Gasteiger partial charge in [0.1, 0.15) is 0 Å². The minimum Gasteiger partial charge on any atom is -0.311 e. The molecule has 0 radical (unpaired) electrons. The van der Waals surface area contributed by atoms with E-state index in [9.17, 15) is 0 Å². The Labute approximate surface area is 402 Å². The van der Waals surface area contributed by atoms with Gasteiger partial charge < -0.3 is 14.7 Å². The fourth-order valence-electron chi connectivity index (χ4n) is 10.3. The molecule has 0 aliphatic carbocycles. The van der Waals surface area contributed by atoms with E-state index in [0.717, 1.165) is 28.4 Å². The van der Waals surface area contributed by atoms with Crippen molar-refractivity contribution in [3.8, 4) is 11.1 Å². The van der Waals surface area contributed by atoms with E-state index in [2.05, 4.69) is 265 Å². The Hall–Kier alpha value is -6.82. The largest absolute Gasteiger partial charge is 0.311 e. The Morgan fingerprint density at radius 2 is 0.940 bits per heavy atom. The Morgan fingerprint density at radius 1 is 0.418 bits per heavy atom. The Kier molecular flexibility index (Phi) is 10.2. The van der Waals surface area contributed by atoms with Crippen LogP contribution in [0.1, 0.15) is 79.0 Å². The molecule has 0 N–H and O–H groups in total. The lowest BCUT2D eigenvalue weighted by Crippen LogP contribution is -2.60. The van der Waals surface area contributed by atoms with Crippen molar-refractivity contribution in [1.29, 1.82) is 0 Å². The van der Waals surface area contributed by atoms with Gasteiger partial charge in [-0.25, -0.2) is 0 Å². The zero-order valence-electron chi connectivity index (χ0n) is 40.2. The van der Waals surface area contributed by atoms with E-state index in [1.807, 2.05) is 11.3 Å². The van der Waals surface area contributed by atoms with Gasteiger partial charge >= 0.3 is 0 Å². The molecule has 0 saturated carbocycles. The van der Waals surface area contributed by atoms with E-state index >= 15 is 0 Å². The molecule has 8 aromatic carbocycles. The van der Waals surface area contributed by atoms with Crippen molar-refractivity contribution in [2.24, 2.45) is 0 Å². The summed E-state index contributed by atoms with van der Waals surface area (Å²) in [5.41, 5.74) is 19.8. The molecular weight excluding hydrogens is 830 g/mol. The van der Waals surface area contributed by atoms with Crippen molar-refractivity contribution in [1.82, 2.24) is 0 Å². The van der Waals surface area contributed by atoms with Gasteiger partial charge in [-0.3, -0.25) is 0 Å². The van der Waals surface area contributed by atoms with Gasteiger partial charge in [0.15, 0.2) is 0 Å². The van der Waals surface area contributed by atoms with Crippen LogP contribution in [0.3, 0.4) is 0 Å². The number of rotatable bonds is 6. The third-order valence-electron chi connectivity index (χ3n) is 13.9. The lowest BCUT2D eigenvalue weighted by Gasteiger charge is -2.43. The summed E-state index contributed by atoms with van der Waals surface area (Å²) < 4.78 is 2.67. The summed E-state index contributed by atoms with van der Waals surface area (Å²) in [7, 11) is 0. The number of anilines is 9. The molecule has 11 rings (SSSR count). The van der Waals surface area contributed by atoms with Crippen LogP contribution in [-0.2, 0) is 16.2 Å². The molecule has 5 heteroatoms. The van der Waals surface area contributed by atoms with Crippen molar-refractivity contribution < 1.29 is 0 Å². The SMILES string of the molecule is CC(C)(C)c1ccc(-c2cccc(N3c4cccc5c4B(c4ccc(N(c6ccc(C(C)(C)C)cc6)c6ccc(C(C)(C)C)cc6)cc4N5c4ccccc4)c4sc5ccccc5c43)c2)cc1. The molecule has 2 aliphatic heterocycles. The van der Waals surface area contributed by atoms with Crippen LogP contribution in [0, 0.1) is 0 Å². The van der Waals surface area contributed by atoms with E-state index in [4.69, 9.17) is 0 Å². The topological polar surface area (TPSA) is 9.72 Å². The van der Waals surface area contributed by atoms with Gasteiger partial charge in [0.2, 0.25) is 0 Å². The molecule has 67 heavy (non-hydrogen) atoms. The highest BCUT2D eigenvalue weighted by molar-refractivity contribution is 7.33. The summed E-state index contributed by atoms with van der Waals surface area (Å²) in [6.07, 6.45) is 0. The van der Waals surface area contributed by atoms with Gasteiger partial charge in [0.05, 0.1) is 5.69 Å². The van der Waals surface area contributed by atoms with Gasteiger partial charge in [-0.2, -0.15) is 0 Å². The molecule has 0 spiro atoms. The summed E-state index contributed by atoms with van der Waals surface area (Å²) in [5, 5.41) is 1.28. The maximum Gasteiger partial charge on any atom is 0.264 e. The van der Waals surface area contributed by atoms with Crippen LogP contribution < -0.4 is 30.4 Å². The van der Waals surface area contributed by atoms with Crippen LogP contribution >= 0.6 is 11.3 Å². The Morgan fingerprint density at radius 3 is 1.55 bits per heavy atom. The van der Waals surface area contributed by atoms with Crippen molar-refractivity contribution >= 4 is 95.0 Å². The van der Waals surface area contributed by atoms with E-state index in [1.54, 1.807) is 0 Å². The normalized spacial score (nSPS) is 13.4. The van der Waals surface area contributed by atoms with Gasteiger partial charge in [0, 0.05) is 60.4 Å². The number of para-hydroxylation sites is 1. The first-order valence-corrected chi connectivity index (χ1v) is 24.6. The number of fused-ring (bicyclic) bond motifs is 6. The summed E-state index contributed by atoms with van der Waals surface area (Å²) >= 11 is 1.94. The zero-order chi connectivity index (χ0) is 46.4. The number of hydrogen-bond acceptors (Lipinski definition) is 4. The van der Waals surface area contributed by atoms with E-state index < -0.39 is 0 Å². The van der Waals surface area contributed by atoms with Crippen molar-refractivity contribution in [3.63, 3.8) is 0 Å². The molecule has 2 aliphatic rings. The van der Waals surface area contributed by atoms with Crippen molar-refractivity contribution in [2.45, 2.75) is 78.6 Å². The third-order valence-corrected chi connectivity index (χ3v) is 15.1. The molecular formula is C62H58BN3S. The van der Waals surface area contributed by atoms with Crippen molar-refractivity contribution in [3.05, 3.63) is 205 Å². The molecule has 9 aromatic rings. The average molecular weight is 888 g/mol. The van der Waals surface area contributed by atoms with Crippen molar-refractivity contribution in [2.75, 3.05) is 14.7 Å². The van der Waals surface area contributed by atoms with Crippen LogP contribution in [0.2, 0.25) is 0 Å². The maximum absolute atomic E-state index is 2.56. The first-order chi connectivity index (χ1) is 32.1. The second kappa shape index (κ2) is 15.9. The Bertz CT molecular complexity index is 3240. The van der Waals surface area contributed by atoms with Crippen LogP contribution in [-0.4, -0.2) is 6.71 Å². The van der Waals surface area contributed by atoms with E-state index in [1.165, 1.54) is 76.4 Å². The maximum atomic E-state index is 2.56. The van der Waals surface area contributed by atoms with Crippen LogP contribution in [0.4, 0.5) is 51.2 Å². The summed E-state index contributed by atoms with van der Waals surface area (Å²) in [4.78, 5) is 7.51. The van der Waals surface area contributed by atoms with Gasteiger partial charge in [-0.05, 0) is 134 Å². The van der Waals surface area contributed by atoms with Crippen LogP contribution in [0.25, 0.3) is 21.2 Å². The monoisotopic (exact) mass is 887 g/mol. The highest BCUT2D eigenvalue weighted by Crippen LogP contribution is 2.49. The lowest BCUT2D eigenvalue weighted by molar-refractivity contribution is 0.590. The molecule has 0 bridgehead atoms. The first-order valence-electron chi connectivity index (χ1n) is 23.8. The second-order valence-corrected chi connectivity index (χ2v) is 22.6. The van der Waals surface area contributed by atoms with Gasteiger partial charge in [-0.15, -0.1) is 11.3 Å². The molecule has 0 atom stereocenters. The molecule has 0 fully saturated rings. The lowest BCUT2D eigenvalue weighted by atomic mass is 9.36. The highest BCUT2D eigenvalue weighted by Gasteiger charge is 2.45. The quantitative estimate of drug-likeness (QED) is 0.154. The number of thiophene rings is 1. The number of benzene rings is 8. The summed E-state index contributed by atoms with van der Waals surface area (Å²) in [6, 6.07) is 70.8.